The summed E-state index contributed by atoms with van der Waals surface area (Å²) in [4.78, 5) is 23.3. The molecule has 0 heterocycles. The van der Waals surface area contributed by atoms with Gasteiger partial charge in [-0.05, 0) is 55.3 Å². The molecule has 0 aromatic rings. The van der Waals surface area contributed by atoms with Crippen molar-refractivity contribution in [2.45, 2.75) is 104 Å². The van der Waals surface area contributed by atoms with Crippen LogP contribution in [0.1, 0.15) is 98.3 Å². The number of hydrogen-bond acceptors (Lipinski definition) is 3. The second-order valence-corrected chi connectivity index (χ2v) is 9.43. The lowest BCUT2D eigenvalue weighted by atomic mass is 9.80. The van der Waals surface area contributed by atoms with E-state index in [2.05, 4.69) is 18.6 Å². The van der Waals surface area contributed by atoms with Crippen molar-refractivity contribution >= 4 is 11.8 Å². The highest BCUT2D eigenvalue weighted by atomic mass is 19.3. The van der Waals surface area contributed by atoms with Crippen molar-refractivity contribution in [3.05, 3.63) is 0 Å². The van der Waals surface area contributed by atoms with Gasteiger partial charge in [0.25, 0.3) is 0 Å². The standard InChI is InChI=1S/C24H42F2O3/c1-6-17(2)16-24(25,26)22(27)14-13-21-19(4)15-18(3)20(21)11-9-7-8-10-12-23(28)29-5/h17-21H,6-16H2,1-5H3/t17-,18-,19+,20-,21-/m0/s1. The second kappa shape index (κ2) is 12.6. The first-order chi connectivity index (χ1) is 13.6. The summed E-state index contributed by atoms with van der Waals surface area (Å²) in [7, 11) is 1.41. The van der Waals surface area contributed by atoms with Crippen molar-refractivity contribution in [1.29, 1.82) is 0 Å². The Bertz CT molecular complexity index is 506. The smallest absolute Gasteiger partial charge is 0.305 e. The topological polar surface area (TPSA) is 43.4 Å². The molecule has 29 heavy (non-hydrogen) atoms. The van der Waals surface area contributed by atoms with E-state index in [4.69, 9.17) is 0 Å². The van der Waals surface area contributed by atoms with Crippen LogP contribution in [0.25, 0.3) is 0 Å². The van der Waals surface area contributed by atoms with Gasteiger partial charge in [-0.3, -0.25) is 9.59 Å². The number of hydrogen-bond donors (Lipinski definition) is 0. The largest absolute Gasteiger partial charge is 0.469 e. The number of esters is 1. The van der Waals surface area contributed by atoms with Crippen LogP contribution in [0.5, 0.6) is 0 Å². The van der Waals surface area contributed by atoms with Gasteiger partial charge in [0.15, 0.2) is 0 Å². The first-order valence-corrected chi connectivity index (χ1v) is 11.6. The van der Waals surface area contributed by atoms with Crippen LogP contribution in [-0.2, 0) is 14.3 Å². The molecule has 0 N–H and O–H groups in total. The van der Waals surface area contributed by atoms with E-state index in [0.717, 1.165) is 38.5 Å². The van der Waals surface area contributed by atoms with Gasteiger partial charge in [0.1, 0.15) is 0 Å². The molecule has 0 aromatic heterocycles. The number of ether oxygens (including phenoxy) is 1. The van der Waals surface area contributed by atoms with Crippen LogP contribution in [0.2, 0.25) is 0 Å². The number of rotatable bonds is 14. The number of unbranched alkanes of at least 4 members (excludes halogenated alkanes) is 3. The molecule has 1 aliphatic carbocycles. The molecule has 0 unspecified atom stereocenters. The summed E-state index contributed by atoms with van der Waals surface area (Å²) in [5.41, 5.74) is 0. The van der Waals surface area contributed by atoms with Crippen molar-refractivity contribution in [2.24, 2.45) is 29.6 Å². The first kappa shape index (κ1) is 26.0. The lowest BCUT2D eigenvalue weighted by molar-refractivity contribution is -0.146. The van der Waals surface area contributed by atoms with Gasteiger partial charge in [-0.25, -0.2) is 0 Å². The summed E-state index contributed by atoms with van der Waals surface area (Å²) in [6, 6.07) is 0. The lowest BCUT2D eigenvalue weighted by Gasteiger charge is -2.26. The summed E-state index contributed by atoms with van der Waals surface area (Å²) in [5.74, 6) is -2.38. The van der Waals surface area contributed by atoms with Gasteiger partial charge < -0.3 is 4.74 Å². The fourth-order valence-electron chi connectivity index (χ4n) is 5.06. The van der Waals surface area contributed by atoms with Crippen molar-refractivity contribution < 1.29 is 23.1 Å². The maximum Gasteiger partial charge on any atom is 0.305 e. The number of carbonyl (C=O) groups is 2. The van der Waals surface area contributed by atoms with E-state index >= 15 is 0 Å². The minimum atomic E-state index is -3.18. The third-order valence-electron chi connectivity index (χ3n) is 7.07. The Morgan fingerprint density at radius 3 is 2.17 bits per heavy atom. The molecule has 3 nitrogen and oxygen atoms in total. The summed E-state index contributed by atoms with van der Waals surface area (Å²) >= 11 is 0. The summed E-state index contributed by atoms with van der Waals surface area (Å²) < 4.78 is 33.1. The number of Topliss-reactive ketones (excluding diaryl/α,β-unsaturated/α-hetero) is 1. The van der Waals surface area contributed by atoms with Gasteiger partial charge in [-0.1, -0.05) is 53.4 Å². The average molecular weight is 417 g/mol. The molecule has 0 saturated heterocycles. The third kappa shape index (κ3) is 8.72. The van der Waals surface area contributed by atoms with Gasteiger partial charge in [0, 0.05) is 19.3 Å². The highest BCUT2D eigenvalue weighted by molar-refractivity contribution is 5.85. The Morgan fingerprint density at radius 2 is 1.59 bits per heavy atom. The molecule has 1 aliphatic rings. The van der Waals surface area contributed by atoms with Gasteiger partial charge >= 0.3 is 11.9 Å². The molecule has 1 rings (SSSR count). The van der Waals surface area contributed by atoms with E-state index < -0.39 is 11.7 Å². The zero-order chi connectivity index (χ0) is 22.0. The Balaban J connectivity index is 2.45. The molecule has 0 spiro atoms. The molecule has 0 amide bonds. The van der Waals surface area contributed by atoms with E-state index in [0.29, 0.717) is 42.9 Å². The molecule has 5 heteroatoms. The predicted molar refractivity (Wildman–Crippen MR) is 113 cm³/mol. The van der Waals surface area contributed by atoms with Crippen molar-refractivity contribution in [2.75, 3.05) is 7.11 Å². The molecule has 0 radical (unpaired) electrons. The van der Waals surface area contributed by atoms with Crippen LogP contribution in [0.3, 0.4) is 0 Å². The maximum absolute atomic E-state index is 14.2. The fourth-order valence-corrected chi connectivity index (χ4v) is 5.06. The molecule has 0 aromatic carbocycles. The normalized spacial score (nSPS) is 25.8. The number of ketones is 1. The molecule has 1 fully saturated rings. The van der Waals surface area contributed by atoms with Crippen LogP contribution < -0.4 is 0 Å². The van der Waals surface area contributed by atoms with Crippen LogP contribution in [0.4, 0.5) is 8.78 Å². The summed E-state index contributed by atoms with van der Waals surface area (Å²) in [6.07, 6.45) is 7.65. The highest BCUT2D eigenvalue weighted by Crippen LogP contribution is 2.46. The monoisotopic (exact) mass is 416 g/mol. The Morgan fingerprint density at radius 1 is 1.00 bits per heavy atom. The summed E-state index contributed by atoms with van der Waals surface area (Å²) in [5, 5.41) is 0. The predicted octanol–water partition coefficient (Wildman–Crippen LogP) is 6.83. The van der Waals surface area contributed by atoms with Gasteiger partial charge in [0.05, 0.1) is 7.11 Å². The van der Waals surface area contributed by atoms with E-state index in [9.17, 15) is 18.4 Å². The zero-order valence-corrected chi connectivity index (χ0v) is 19.1. The molecule has 170 valence electrons. The van der Waals surface area contributed by atoms with E-state index in [1.165, 1.54) is 7.11 Å². The van der Waals surface area contributed by atoms with E-state index in [1.54, 1.807) is 6.92 Å². The van der Waals surface area contributed by atoms with Crippen molar-refractivity contribution in [3.8, 4) is 0 Å². The Labute approximate surface area is 176 Å². The molecule has 0 bridgehead atoms. The number of carbonyl (C=O) groups excluding carboxylic acids is 2. The molecule has 0 aliphatic heterocycles. The molecule has 5 atom stereocenters. The first-order valence-electron chi connectivity index (χ1n) is 11.6. The Kier molecular flexibility index (Phi) is 11.3. The van der Waals surface area contributed by atoms with Crippen molar-refractivity contribution in [3.63, 3.8) is 0 Å². The fraction of sp³-hybridized carbons (Fsp3) is 0.917. The van der Waals surface area contributed by atoms with E-state index in [1.807, 2.05) is 6.92 Å². The summed E-state index contributed by atoms with van der Waals surface area (Å²) in [6.45, 7) is 8.13. The minimum Gasteiger partial charge on any atom is -0.469 e. The Hall–Kier alpha value is -1.00. The minimum absolute atomic E-state index is 0.000784. The lowest BCUT2D eigenvalue weighted by Crippen LogP contribution is -2.31. The van der Waals surface area contributed by atoms with Gasteiger partial charge in [0.2, 0.25) is 5.78 Å². The molecule has 1 saturated carbocycles. The average Bonchev–Trinajstić information content (AvgIpc) is 2.94. The molecular weight excluding hydrogens is 374 g/mol. The second-order valence-electron chi connectivity index (χ2n) is 9.43. The van der Waals surface area contributed by atoms with Gasteiger partial charge in [-0.2, -0.15) is 8.78 Å². The molecular formula is C24H42F2O3. The SMILES string of the molecule is CC[C@H](C)CC(F)(F)C(=O)CC[C@@H]1[C@@H](CCCCCCC(=O)OC)[C@@H](C)C[C@H]1C. The highest BCUT2D eigenvalue weighted by Gasteiger charge is 2.42. The number of alkyl halides is 2. The van der Waals surface area contributed by atoms with Crippen LogP contribution in [-0.4, -0.2) is 24.8 Å². The van der Waals surface area contributed by atoms with Crippen molar-refractivity contribution in [1.82, 2.24) is 0 Å². The number of halogens is 2. The van der Waals surface area contributed by atoms with Gasteiger partial charge in [-0.15, -0.1) is 0 Å². The maximum atomic E-state index is 14.2. The van der Waals surface area contributed by atoms with Crippen LogP contribution in [0.15, 0.2) is 0 Å². The zero-order valence-electron chi connectivity index (χ0n) is 19.1. The van der Waals surface area contributed by atoms with Crippen LogP contribution >= 0.6 is 0 Å². The quantitative estimate of drug-likeness (QED) is 0.230. The third-order valence-corrected chi connectivity index (χ3v) is 7.07. The van der Waals surface area contributed by atoms with E-state index in [-0.39, 0.29) is 24.7 Å². The van der Waals surface area contributed by atoms with Crippen LogP contribution in [0, 0.1) is 29.6 Å². The number of methoxy groups -OCH3 is 1.